The average Bonchev–Trinajstić information content (AvgIpc) is 2.20. The Morgan fingerprint density at radius 3 is 2.86 bits per heavy atom. The largest absolute Gasteiger partial charge is 0.316 e. The zero-order chi connectivity index (χ0) is 10.4. The lowest BCUT2D eigenvalue weighted by Crippen LogP contribution is -2.30. The molecule has 1 N–H and O–H groups in total. The van der Waals surface area contributed by atoms with Crippen LogP contribution >= 0.6 is 27.7 Å². The molecule has 4 heteroatoms. The molecule has 0 saturated heterocycles. The Morgan fingerprint density at radius 1 is 1.57 bits per heavy atom. The molecule has 0 spiro atoms. The van der Waals surface area contributed by atoms with E-state index < -0.39 is 0 Å². The van der Waals surface area contributed by atoms with Crippen LogP contribution in [0.3, 0.4) is 0 Å². The van der Waals surface area contributed by atoms with Crippen molar-refractivity contribution < 1.29 is 0 Å². The van der Waals surface area contributed by atoms with Gasteiger partial charge in [0.1, 0.15) is 0 Å². The molecule has 0 amide bonds. The number of hydrogen-bond donors (Lipinski definition) is 1. The molecule has 1 heterocycles. The molecule has 14 heavy (non-hydrogen) atoms. The fourth-order valence-corrected chi connectivity index (χ4v) is 2.15. The van der Waals surface area contributed by atoms with E-state index in [4.69, 9.17) is 0 Å². The Labute approximate surface area is 98.0 Å². The van der Waals surface area contributed by atoms with Crippen LogP contribution in [0.1, 0.15) is 5.69 Å². The highest BCUT2D eigenvalue weighted by molar-refractivity contribution is 9.10. The molecular weight excluding hydrogens is 260 g/mol. The lowest BCUT2D eigenvalue weighted by Gasteiger charge is -2.13. The Kier molecular flexibility index (Phi) is 5.52. The Morgan fingerprint density at radius 2 is 2.36 bits per heavy atom. The molecule has 0 aliphatic heterocycles. The summed E-state index contributed by atoms with van der Waals surface area (Å²) < 4.78 is 1.03. The lowest BCUT2D eigenvalue weighted by molar-refractivity contribution is 0.609. The van der Waals surface area contributed by atoms with E-state index in [1.54, 1.807) is 0 Å². The number of rotatable bonds is 5. The highest BCUT2D eigenvalue weighted by Gasteiger charge is 2.06. The van der Waals surface area contributed by atoms with Crippen molar-refractivity contribution in [1.29, 1.82) is 0 Å². The highest BCUT2D eigenvalue weighted by Crippen LogP contribution is 2.09. The van der Waals surface area contributed by atoms with Crippen molar-refractivity contribution in [1.82, 2.24) is 10.3 Å². The van der Waals surface area contributed by atoms with Gasteiger partial charge in [0, 0.05) is 34.6 Å². The average molecular weight is 275 g/mol. The van der Waals surface area contributed by atoms with Gasteiger partial charge in [-0.2, -0.15) is 11.8 Å². The van der Waals surface area contributed by atoms with Crippen molar-refractivity contribution in [3.63, 3.8) is 0 Å². The molecule has 1 aromatic heterocycles. The normalized spacial score (nSPS) is 12.8. The van der Waals surface area contributed by atoms with Gasteiger partial charge in [-0.3, -0.25) is 4.98 Å². The van der Waals surface area contributed by atoms with Crippen LogP contribution in [0.4, 0.5) is 0 Å². The standard InChI is InChI=1S/C10H15BrN2S/c1-12-10(7-14-2)5-9-4-3-8(11)6-13-9/h3-4,6,10,12H,5,7H2,1-2H3. The molecule has 1 rings (SSSR count). The molecule has 1 aromatic rings. The third-order valence-electron chi connectivity index (χ3n) is 2.02. The summed E-state index contributed by atoms with van der Waals surface area (Å²) in [5, 5.41) is 3.29. The number of hydrogen-bond acceptors (Lipinski definition) is 3. The highest BCUT2D eigenvalue weighted by atomic mass is 79.9. The van der Waals surface area contributed by atoms with E-state index in [9.17, 15) is 0 Å². The molecule has 0 aromatic carbocycles. The van der Waals surface area contributed by atoms with E-state index in [-0.39, 0.29) is 0 Å². The maximum Gasteiger partial charge on any atom is 0.0420 e. The van der Waals surface area contributed by atoms with Crippen molar-refractivity contribution in [2.75, 3.05) is 19.1 Å². The van der Waals surface area contributed by atoms with Crippen molar-refractivity contribution >= 4 is 27.7 Å². The second-order valence-electron chi connectivity index (χ2n) is 3.11. The van der Waals surface area contributed by atoms with Gasteiger partial charge in [-0.25, -0.2) is 0 Å². The Hall–Kier alpha value is -0.0600. The summed E-state index contributed by atoms with van der Waals surface area (Å²) in [6, 6.07) is 4.61. The minimum Gasteiger partial charge on any atom is -0.316 e. The molecule has 0 aliphatic carbocycles. The number of nitrogens with zero attached hydrogens (tertiary/aromatic N) is 1. The third kappa shape index (κ3) is 3.98. The molecule has 1 atom stereocenters. The fraction of sp³-hybridized carbons (Fsp3) is 0.500. The summed E-state index contributed by atoms with van der Waals surface area (Å²) in [5.41, 5.74) is 1.14. The van der Waals surface area contributed by atoms with E-state index in [1.165, 1.54) is 0 Å². The monoisotopic (exact) mass is 274 g/mol. The molecule has 0 saturated carbocycles. The summed E-state index contributed by atoms with van der Waals surface area (Å²) >= 11 is 5.23. The van der Waals surface area contributed by atoms with Gasteiger partial charge in [-0.1, -0.05) is 0 Å². The van der Waals surface area contributed by atoms with Crippen LogP contribution in [0.2, 0.25) is 0 Å². The topological polar surface area (TPSA) is 24.9 Å². The molecule has 0 bridgehead atoms. The Bertz CT molecular complexity index is 263. The molecule has 2 nitrogen and oxygen atoms in total. The predicted octanol–water partition coefficient (Wildman–Crippen LogP) is 2.34. The van der Waals surface area contributed by atoms with Crippen LogP contribution in [-0.4, -0.2) is 30.1 Å². The second-order valence-corrected chi connectivity index (χ2v) is 4.94. The van der Waals surface area contributed by atoms with Crippen LogP contribution in [0, 0.1) is 0 Å². The van der Waals surface area contributed by atoms with E-state index in [0.717, 1.165) is 22.3 Å². The zero-order valence-corrected chi connectivity index (χ0v) is 10.9. The number of thioether (sulfide) groups is 1. The predicted molar refractivity (Wildman–Crippen MR) is 66.9 cm³/mol. The third-order valence-corrected chi connectivity index (χ3v) is 3.23. The molecule has 0 radical (unpaired) electrons. The van der Waals surface area contributed by atoms with Gasteiger partial charge in [0.25, 0.3) is 0 Å². The van der Waals surface area contributed by atoms with Crippen LogP contribution < -0.4 is 5.32 Å². The van der Waals surface area contributed by atoms with Gasteiger partial charge < -0.3 is 5.32 Å². The zero-order valence-electron chi connectivity index (χ0n) is 8.46. The SMILES string of the molecule is CNC(CSC)Cc1ccc(Br)cn1. The van der Waals surface area contributed by atoms with Gasteiger partial charge in [0.15, 0.2) is 0 Å². The van der Waals surface area contributed by atoms with E-state index in [1.807, 2.05) is 31.1 Å². The van der Waals surface area contributed by atoms with Crippen LogP contribution in [0.5, 0.6) is 0 Å². The van der Waals surface area contributed by atoms with Crippen molar-refractivity contribution in [2.45, 2.75) is 12.5 Å². The lowest BCUT2D eigenvalue weighted by atomic mass is 10.2. The first-order chi connectivity index (χ1) is 6.76. The van der Waals surface area contributed by atoms with E-state index in [0.29, 0.717) is 6.04 Å². The molecule has 0 fully saturated rings. The molecule has 1 unspecified atom stereocenters. The summed E-state index contributed by atoms with van der Waals surface area (Å²) in [4.78, 5) is 4.35. The van der Waals surface area contributed by atoms with Gasteiger partial charge in [-0.05, 0) is 41.4 Å². The van der Waals surface area contributed by atoms with Gasteiger partial charge in [0.2, 0.25) is 0 Å². The number of likely N-dealkylation sites (N-methyl/N-ethyl adjacent to an activating group) is 1. The first-order valence-corrected chi connectivity index (χ1v) is 6.71. The Balaban J connectivity index is 2.53. The van der Waals surface area contributed by atoms with Gasteiger partial charge in [-0.15, -0.1) is 0 Å². The maximum absolute atomic E-state index is 4.35. The smallest absolute Gasteiger partial charge is 0.0420 e. The summed E-state index contributed by atoms with van der Waals surface area (Å²) in [7, 11) is 2.00. The van der Waals surface area contributed by atoms with Crippen LogP contribution in [0.25, 0.3) is 0 Å². The van der Waals surface area contributed by atoms with Crippen molar-refractivity contribution in [2.24, 2.45) is 0 Å². The van der Waals surface area contributed by atoms with Gasteiger partial charge >= 0.3 is 0 Å². The number of halogens is 1. The fourth-order valence-electron chi connectivity index (χ4n) is 1.23. The van der Waals surface area contributed by atoms with E-state index >= 15 is 0 Å². The molecule has 0 aliphatic rings. The minimum absolute atomic E-state index is 0.513. The van der Waals surface area contributed by atoms with Gasteiger partial charge in [0.05, 0.1) is 0 Å². The number of pyridine rings is 1. The summed E-state index contributed by atoms with van der Waals surface area (Å²) in [6.45, 7) is 0. The molecular formula is C10H15BrN2S. The number of nitrogens with one attached hydrogen (secondary N) is 1. The first-order valence-electron chi connectivity index (χ1n) is 4.53. The summed E-state index contributed by atoms with van der Waals surface area (Å²) in [5.74, 6) is 1.12. The quantitative estimate of drug-likeness (QED) is 0.892. The number of aromatic nitrogens is 1. The minimum atomic E-state index is 0.513. The first kappa shape index (κ1) is 12.0. The second kappa shape index (κ2) is 6.43. The maximum atomic E-state index is 4.35. The van der Waals surface area contributed by atoms with Crippen LogP contribution in [-0.2, 0) is 6.42 Å². The van der Waals surface area contributed by atoms with E-state index in [2.05, 4.69) is 38.6 Å². The van der Waals surface area contributed by atoms with Crippen molar-refractivity contribution in [3.05, 3.63) is 28.5 Å². The molecule has 78 valence electrons. The van der Waals surface area contributed by atoms with Crippen LogP contribution in [0.15, 0.2) is 22.8 Å². The summed E-state index contributed by atoms with van der Waals surface area (Å²) in [6.07, 6.45) is 4.96. The van der Waals surface area contributed by atoms with Crippen molar-refractivity contribution in [3.8, 4) is 0 Å².